The molecular formula is C7H13NO3. The minimum Gasteiger partial charge on any atom is -0.465 e. The predicted molar refractivity (Wildman–Crippen MR) is 40.5 cm³/mol. The van der Waals surface area contributed by atoms with Gasteiger partial charge in [-0.3, -0.25) is 4.79 Å². The van der Waals surface area contributed by atoms with Gasteiger partial charge in [-0.1, -0.05) is 13.8 Å². The van der Waals surface area contributed by atoms with E-state index in [4.69, 9.17) is 5.11 Å². The van der Waals surface area contributed by atoms with E-state index < -0.39 is 12.1 Å². The molecule has 2 N–H and O–H groups in total. The molecule has 0 bridgehead atoms. The summed E-state index contributed by atoms with van der Waals surface area (Å²) in [4.78, 5) is 21.0. The quantitative estimate of drug-likeness (QED) is 0.642. The van der Waals surface area contributed by atoms with Gasteiger partial charge in [0, 0.05) is 0 Å². The van der Waals surface area contributed by atoms with E-state index in [1.807, 2.05) is 0 Å². The Kier molecular flexibility index (Phi) is 3.57. The number of ketones is 1. The SMILES string of the molecule is CC(=O)[C@H](NC(=O)O)C(C)C. The molecule has 0 aromatic carbocycles. The molecule has 0 heterocycles. The molecule has 0 spiro atoms. The van der Waals surface area contributed by atoms with Gasteiger partial charge in [0.15, 0.2) is 5.78 Å². The van der Waals surface area contributed by atoms with E-state index >= 15 is 0 Å². The van der Waals surface area contributed by atoms with Crippen molar-refractivity contribution in [3.63, 3.8) is 0 Å². The molecule has 0 aliphatic rings. The molecule has 64 valence electrons. The average Bonchev–Trinajstić information content (AvgIpc) is 1.81. The number of nitrogens with one attached hydrogen (secondary N) is 1. The largest absolute Gasteiger partial charge is 0.465 e. The van der Waals surface area contributed by atoms with Gasteiger partial charge in [0.2, 0.25) is 0 Å². The molecule has 0 unspecified atom stereocenters. The van der Waals surface area contributed by atoms with E-state index in [0.29, 0.717) is 0 Å². The molecule has 0 saturated carbocycles. The number of hydrogen-bond donors (Lipinski definition) is 2. The highest BCUT2D eigenvalue weighted by Gasteiger charge is 2.19. The van der Waals surface area contributed by atoms with Crippen LogP contribution in [0.3, 0.4) is 0 Å². The van der Waals surface area contributed by atoms with Crippen LogP contribution in [0.1, 0.15) is 20.8 Å². The molecule has 0 saturated heterocycles. The zero-order valence-electron chi connectivity index (χ0n) is 6.92. The van der Waals surface area contributed by atoms with Gasteiger partial charge in [0.1, 0.15) is 0 Å². The van der Waals surface area contributed by atoms with E-state index in [9.17, 15) is 9.59 Å². The number of carbonyl (C=O) groups is 2. The highest BCUT2D eigenvalue weighted by Crippen LogP contribution is 2.01. The lowest BCUT2D eigenvalue weighted by molar-refractivity contribution is -0.119. The molecule has 0 rings (SSSR count). The van der Waals surface area contributed by atoms with E-state index in [2.05, 4.69) is 5.32 Å². The van der Waals surface area contributed by atoms with Gasteiger partial charge < -0.3 is 10.4 Å². The molecular weight excluding hydrogens is 146 g/mol. The summed E-state index contributed by atoms with van der Waals surface area (Å²) in [5.74, 6) is -0.147. The number of Topliss-reactive ketones (excluding diaryl/α,β-unsaturated/α-hetero) is 1. The van der Waals surface area contributed by atoms with E-state index in [0.717, 1.165) is 0 Å². The van der Waals surface area contributed by atoms with Crippen LogP contribution < -0.4 is 5.32 Å². The van der Waals surface area contributed by atoms with Gasteiger partial charge in [-0.25, -0.2) is 4.79 Å². The van der Waals surface area contributed by atoms with Crippen LogP contribution in [0.15, 0.2) is 0 Å². The Bertz CT molecular complexity index is 165. The highest BCUT2D eigenvalue weighted by molar-refractivity contribution is 5.85. The summed E-state index contributed by atoms with van der Waals surface area (Å²) in [6.07, 6.45) is -1.15. The zero-order valence-corrected chi connectivity index (χ0v) is 6.92. The Hall–Kier alpha value is -1.06. The second-order valence-electron chi connectivity index (χ2n) is 2.78. The molecule has 4 heteroatoms. The van der Waals surface area contributed by atoms with Crippen LogP contribution in [0.5, 0.6) is 0 Å². The fourth-order valence-corrected chi connectivity index (χ4v) is 0.871. The van der Waals surface area contributed by atoms with Crippen LogP contribution in [0.25, 0.3) is 0 Å². The summed E-state index contributed by atoms with van der Waals surface area (Å²) in [5.41, 5.74) is 0. The van der Waals surface area contributed by atoms with Crippen molar-refractivity contribution in [2.24, 2.45) is 5.92 Å². The second kappa shape index (κ2) is 3.95. The Morgan fingerprint density at radius 2 is 1.82 bits per heavy atom. The van der Waals surface area contributed by atoms with Crippen LogP contribution in [-0.4, -0.2) is 23.0 Å². The van der Waals surface area contributed by atoms with Crippen molar-refractivity contribution in [1.29, 1.82) is 0 Å². The topological polar surface area (TPSA) is 66.4 Å². The average molecular weight is 159 g/mol. The maximum absolute atomic E-state index is 10.8. The van der Waals surface area contributed by atoms with Crippen LogP contribution in [0.4, 0.5) is 4.79 Å². The van der Waals surface area contributed by atoms with Crippen molar-refractivity contribution in [2.75, 3.05) is 0 Å². The van der Waals surface area contributed by atoms with Gasteiger partial charge >= 0.3 is 6.09 Å². The molecule has 0 aromatic rings. The summed E-state index contributed by atoms with van der Waals surface area (Å²) >= 11 is 0. The van der Waals surface area contributed by atoms with E-state index in [-0.39, 0.29) is 11.7 Å². The number of carboxylic acid groups (broad SMARTS) is 1. The van der Waals surface area contributed by atoms with Crippen LogP contribution >= 0.6 is 0 Å². The number of rotatable bonds is 3. The maximum atomic E-state index is 10.8. The molecule has 4 nitrogen and oxygen atoms in total. The van der Waals surface area contributed by atoms with E-state index in [1.165, 1.54) is 6.92 Å². The fraction of sp³-hybridized carbons (Fsp3) is 0.714. The first-order valence-corrected chi connectivity index (χ1v) is 3.45. The molecule has 0 aliphatic heterocycles. The maximum Gasteiger partial charge on any atom is 0.405 e. The van der Waals surface area contributed by atoms with Crippen molar-refractivity contribution < 1.29 is 14.7 Å². The van der Waals surface area contributed by atoms with Crippen molar-refractivity contribution in [3.8, 4) is 0 Å². The Balaban J connectivity index is 4.12. The van der Waals surface area contributed by atoms with Crippen molar-refractivity contribution in [3.05, 3.63) is 0 Å². The molecule has 0 aromatic heterocycles. The summed E-state index contributed by atoms with van der Waals surface area (Å²) in [5, 5.41) is 10.5. The first-order chi connectivity index (χ1) is 4.95. The molecule has 1 atom stereocenters. The second-order valence-corrected chi connectivity index (χ2v) is 2.78. The molecule has 0 fully saturated rings. The van der Waals surface area contributed by atoms with E-state index in [1.54, 1.807) is 13.8 Å². The highest BCUT2D eigenvalue weighted by atomic mass is 16.4. The van der Waals surface area contributed by atoms with Crippen LogP contribution in [0.2, 0.25) is 0 Å². The summed E-state index contributed by atoms with van der Waals surface area (Å²) in [7, 11) is 0. The molecule has 0 radical (unpaired) electrons. The van der Waals surface area contributed by atoms with Gasteiger partial charge in [0.05, 0.1) is 6.04 Å². The van der Waals surface area contributed by atoms with Gasteiger partial charge in [-0.15, -0.1) is 0 Å². The van der Waals surface area contributed by atoms with Gasteiger partial charge in [-0.05, 0) is 12.8 Å². The van der Waals surface area contributed by atoms with Gasteiger partial charge in [0.25, 0.3) is 0 Å². The summed E-state index contributed by atoms with van der Waals surface area (Å²) in [6.45, 7) is 4.96. The Morgan fingerprint density at radius 1 is 1.36 bits per heavy atom. The number of hydrogen-bond acceptors (Lipinski definition) is 2. The third kappa shape index (κ3) is 3.60. The van der Waals surface area contributed by atoms with Crippen LogP contribution in [-0.2, 0) is 4.79 Å². The monoisotopic (exact) mass is 159 g/mol. The van der Waals surface area contributed by atoms with Crippen molar-refractivity contribution >= 4 is 11.9 Å². The minimum absolute atomic E-state index is 0.00333. The smallest absolute Gasteiger partial charge is 0.405 e. The predicted octanol–water partition coefficient (Wildman–Crippen LogP) is 0.868. The van der Waals surface area contributed by atoms with Gasteiger partial charge in [-0.2, -0.15) is 0 Å². The third-order valence-electron chi connectivity index (χ3n) is 1.38. The Labute approximate surface area is 65.6 Å². The molecule has 1 amide bonds. The lowest BCUT2D eigenvalue weighted by atomic mass is 10.0. The van der Waals surface area contributed by atoms with Crippen molar-refractivity contribution in [1.82, 2.24) is 5.32 Å². The molecule has 11 heavy (non-hydrogen) atoms. The minimum atomic E-state index is -1.15. The number of amides is 1. The first-order valence-electron chi connectivity index (χ1n) is 3.45. The lowest BCUT2D eigenvalue weighted by Crippen LogP contribution is -2.42. The summed E-state index contributed by atoms with van der Waals surface area (Å²) in [6, 6.07) is -0.576. The number of carbonyl (C=O) groups excluding carboxylic acids is 1. The summed E-state index contributed by atoms with van der Waals surface area (Å²) < 4.78 is 0. The standard InChI is InChI=1S/C7H13NO3/c1-4(2)6(5(3)9)8-7(10)11/h4,6,8H,1-3H3,(H,10,11)/t6-/m1/s1. The fourth-order valence-electron chi connectivity index (χ4n) is 0.871. The zero-order chi connectivity index (χ0) is 9.02. The van der Waals surface area contributed by atoms with Crippen molar-refractivity contribution in [2.45, 2.75) is 26.8 Å². The lowest BCUT2D eigenvalue weighted by Gasteiger charge is -2.16. The molecule has 0 aliphatic carbocycles. The normalized spacial score (nSPS) is 12.7. The Morgan fingerprint density at radius 3 is 1.91 bits per heavy atom. The first kappa shape index (κ1) is 9.94. The third-order valence-corrected chi connectivity index (χ3v) is 1.38. The van der Waals surface area contributed by atoms with Crippen LogP contribution in [0, 0.1) is 5.92 Å².